The van der Waals surface area contributed by atoms with Gasteiger partial charge in [-0.05, 0) is 19.1 Å². The lowest BCUT2D eigenvalue weighted by Gasteiger charge is -2.38. The third kappa shape index (κ3) is 4.30. The molecular weight excluding hydrogens is 438 g/mol. The highest BCUT2D eigenvalue weighted by atomic mass is 32.2. The van der Waals surface area contributed by atoms with Crippen LogP contribution in [0.2, 0.25) is 0 Å². The maximum atomic E-state index is 14.1. The van der Waals surface area contributed by atoms with Gasteiger partial charge in [0.2, 0.25) is 5.91 Å². The molecule has 168 valence electrons. The number of nitrogens with one attached hydrogen (secondary N) is 4. The van der Waals surface area contributed by atoms with Crippen molar-refractivity contribution >= 4 is 27.6 Å². The number of hydrogen-bond acceptors (Lipinski definition) is 8. The van der Waals surface area contributed by atoms with Crippen molar-refractivity contribution in [1.29, 1.82) is 5.26 Å². The number of fused-ring (bicyclic) bond motifs is 1. The number of urea groups is 1. The third-order valence-electron chi connectivity index (χ3n) is 5.05. The van der Waals surface area contributed by atoms with Crippen LogP contribution in [-0.2, 0) is 14.8 Å². The van der Waals surface area contributed by atoms with Gasteiger partial charge in [-0.3, -0.25) is 10.1 Å². The monoisotopic (exact) mass is 458 g/mol. The fraction of sp³-hybridized carbons (Fsp3) is 0.471. The van der Waals surface area contributed by atoms with Gasteiger partial charge in [-0.25, -0.2) is 26.3 Å². The molecular formula is C17H20F2N6O5S. The zero-order valence-corrected chi connectivity index (χ0v) is 17.0. The van der Waals surface area contributed by atoms with Crippen molar-refractivity contribution in [2.24, 2.45) is 0 Å². The Morgan fingerprint density at radius 2 is 2.16 bits per heavy atom. The normalized spacial score (nSPS) is 25.7. The molecule has 0 radical (unpaired) electrons. The predicted octanol–water partition coefficient (Wildman–Crippen LogP) is -1.18. The number of carbonyl (C=O) groups is 2. The Balaban J connectivity index is 1.76. The van der Waals surface area contributed by atoms with E-state index in [4.69, 9.17) is 5.26 Å². The second-order valence-electron chi connectivity index (χ2n) is 7.11. The summed E-state index contributed by atoms with van der Waals surface area (Å²) in [5.41, 5.74) is -0.438. The number of aliphatic hydroxyl groups is 1. The van der Waals surface area contributed by atoms with Gasteiger partial charge in [0.1, 0.15) is 17.5 Å². The molecule has 0 aliphatic carbocycles. The average molecular weight is 458 g/mol. The van der Waals surface area contributed by atoms with Crippen LogP contribution < -0.4 is 21.3 Å². The van der Waals surface area contributed by atoms with Crippen molar-refractivity contribution in [3.05, 3.63) is 23.8 Å². The zero-order chi connectivity index (χ0) is 22.9. The largest absolute Gasteiger partial charge is 0.394 e. The lowest BCUT2D eigenvalue weighted by atomic mass is 9.97. The maximum Gasteiger partial charge on any atom is 0.336 e. The highest BCUT2D eigenvalue weighted by molar-refractivity contribution is 7.90. The molecule has 3 unspecified atom stereocenters. The summed E-state index contributed by atoms with van der Waals surface area (Å²) in [4.78, 5) is 23.6. The Labute approximate surface area is 176 Å². The zero-order valence-electron chi connectivity index (χ0n) is 16.2. The number of piperazine rings is 1. The Hall–Kier alpha value is -2.86. The van der Waals surface area contributed by atoms with Crippen LogP contribution in [0.1, 0.15) is 6.92 Å². The summed E-state index contributed by atoms with van der Waals surface area (Å²) >= 11 is 0. The molecule has 2 aliphatic heterocycles. The number of halogens is 2. The Morgan fingerprint density at radius 1 is 1.45 bits per heavy atom. The average Bonchev–Trinajstić information content (AvgIpc) is 2.72. The molecule has 0 bridgehead atoms. The van der Waals surface area contributed by atoms with Crippen LogP contribution in [0.3, 0.4) is 0 Å². The van der Waals surface area contributed by atoms with Crippen LogP contribution in [0.25, 0.3) is 0 Å². The van der Waals surface area contributed by atoms with Crippen LogP contribution in [0, 0.1) is 23.0 Å². The number of benzene rings is 1. The van der Waals surface area contributed by atoms with E-state index in [0.29, 0.717) is 6.07 Å². The molecule has 14 heteroatoms. The van der Waals surface area contributed by atoms with Gasteiger partial charge in [0.25, 0.3) is 10.0 Å². The van der Waals surface area contributed by atoms with E-state index in [-0.39, 0.29) is 16.9 Å². The number of hydrogen-bond donors (Lipinski definition) is 5. The van der Waals surface area contributed by atoms with Gasteiger partial charge < -0.3 is 21.1 Å². The first kappa shape index (κ1) is 22.8. The molecule has 4 atom stereocenters. The molecule has 0 aromatic heterocycles. The number of carbonyl (C=O) groups excluding carboxylic acids is 2. The SMILES string of the molecule is CC1NC(C#N)CNC1[C@@H](CO)NC(=O)CN1C(=O)Nc2ccc(F)c(F)c2S1(=O)=O. The van der Waals surface area contributed by atoms with Crippen molar-refractivity contribution in [1.82, 2.24) is 20.3 Å². The number of amides is 3. The molecule has 11 nitrogen and oxygen atoms in total. The lowest BCUT2D eigenvalue weighted by molar-refractivity contribution is -0.122. The summed E-state index contributed by atoms with van der Waals surface area (Å²) in [5, 5.41) is 29.2. The second kappa shape index (κ2) is 8.71. The molecule has 1 aromatic rings. The molecule has 1 fully saturated rings. The first-order valence-corrected chi connectivity index (χ1v) is 10.6. The van der Waals surface area contributed by atoms with E-state index in [2.05, 4.69) is 21.3 Å². The standard InChI is InChI=1S/C17H20F2N6O5S/c1-8-15(21-5-9(4-20)22-8)12(7-26)23-13(27)6-25-17(28)24-11-3-2-10(18)14(19)16(11)31(25,29)30/h2-3,8-9,12,15,21-22,26H,5-7H2,1H3,(H,23,27)(H,24,28)/t8?,9?,12-,15?/m1/s1. The minimum atomic E-state index is -4.85. The topological polar surface area (TPSA) is 164 Å². The van der Waals surface area contributed by atoms with E-state index >= 15 is 0 Å². The molecule has 5 N–H and O–H groups in total. The van der Waals surface area contributed by atoms with Gasteiger partial charge in [-0.15, -0.1) is 0 Å². The van der Waals surface area contributed by atoms with E-state index < -0.39 is 75.5 Å². The number of anilines is 1. The Morgan fingerprint density at radius 3 is 2.77 bits per heavy atom. The van der Waals surface area contributed by atoms with Crippen molar-refractivity contribution in [2.75, 3.05) is 25.0 Å². The molecule has 2 heterocycles. The van der Waals surface area contributed by atoms with Gasteiger partial charge in [-0.2, -0.15) is 5.26 Å². The molecule has 3 rings (SSSR count). The Kier molecular flexibility index (Phi) is 6.41. The molecule has 3 amide bonds. The van der Waals surface area contributed by atoms with Crippen LogP contribution in [0.5, 0.6) is 0 Å². The predicted molar refractivity (Wildman–Crippen MR) is 102 cm³/mol. The van der Waals surface area contributed by atoms with Crippen LogP contribution in [0.15, 0.2) is 17.0 Å². The first-order valence-electron chi connectivity index (χ1n) is 9.21. The summed E-state index contributed by atoms with van der Waals surface area (Å²) in [7, 11) is -4.85. The number of aliphatic hydroxyl groups excluding tert-OH is 1. The van der Waals surface area contributed by atoms with E-state index in [9.17, 15) is 31.9 Å². The van der Waals surface area contributed by atoms with Gasteiger partial charge in [0, 0.05) is 18.6 Å². The van der Waals surface area contributed by atoms with Gasteiger partial charge in [0.05, 0.1) is 24.4 Å². The van der Waals surface area contributed by atoms with E-state index in [1.54, 1.807) is 6.92 Å². The van der Waals surface area contributed by atoms with Crippen molar-refractivity contribution in [2.45, 2.75) is 36.0 Å². The van der Waals surface area contributed by atoms with Crippen LogP contribution in [-0.4, -0.2) is 73.6 Å². The minimum Gasteiger partial charge on any atom is -0.394 e. The molecule has 0 spiro atoms. The smallest absolute Gasteiger partial charge is 0.336 e. The lowest BCUT2D eigenvalue weighted by Crippen LogP contribution is -2.67. The maximum absolute atomic E-state index is 14.1. The molecule has 2 aliphatic rings. The minimum absolute atomic E-state index is 0.0866. The van der Waals surface area contributed by atoms with Crippen molar-refractivity contribution in [3.8, 4) is 6.07 Å². The number of nitrogens with zero attached hydrogens (tertiary/aromatic N) is 2. The molecule has 0 saturated carbocycles. The van der Waals surface area contributed by atoms with Gasteiger partial charge in [0.15, 0.2) is 11.6 Å². The highest BCUT2D eigenvalue weighted by Gasteiger charge is 2.41. The van der Waals surface area contributed by atoms with E-state index in [0.717, 1.165) is 6.07 Å². The van der Waals surface area contributed by atoms with E-state index in [1.165, 1.54) is 0 Å². The fourth-order valence-corrected chi connectivity index (χ4v) is 5.04. The van der Waals surface area contributed by atoms with Gasteiger partial charge >= 0.3 is 6.03 Å². The van der Waals surface area contributed by atoms with Crippen molar-refractivity contribution < 1.29 is 31.9 Å². The molecule has 1 saturated heterocycles. The van der Waals surface area contributed by atoms with Gasteiger partial charge in [-0.1, -0.05) is 0 Å². The number of nitriles is 1. The fourth-order valence-electron chi connectivity index (χ4n) is 3.55. The first-order chi connectivity index (χ1) is 14.6. The second-order valence-corrected chi connectivity index (χ2v) is 8.91. The van der Waals surface area contributed by atoms with Crippen molar-refractivity contribution in [3.63, 3.8) is 0 Å². The third-order valence-corrected chi connectivity index (χ3v) is 6.84. The Bertz CT molecular complexity index is 1050. The molecule has 31 heavy (non-hydrogen) atoms. The number of sulfonamides is 1. The quantitative estimate of drug-likeness (QED) is 0.368. The summed E-state index contributed by atoms with van der Waals surface area (Å²) in [6.07, 6.45) is 0. The summed E-state index contributed by atoms with van der Waals surface area (Å²) in [5.74, 6) is -4.05. The van der Waals surface area contributed by atoms with E-state index in [1.807, 2.05) is 6.07 Å². The summed E-state index contributed by atoms with van der Waals surface area (Å²) < 4.78 is 53.1. The summed E-state index contributed by atoms with van der Waals surface area (Å²) in [6, 6.07) is 0.222. The van der Waals surface area contributed by atoms with Crippen LogP contribution in [0.4, 0.5) is 19.3 Å². The summed E-state index contributed by atoms with van der Waals surface area (Å²) in [6.45, 7) is 0.443. The number of rotatable bonds is 5. The van der Waals surface area contributed by atoms with Crippen LogP contribution >= 0.6 is 0 Å². The highest BCUT2D eigenvalue weighted by Crippen LogP contribution is 2.33. The molecule has 1 aromatic carbocycles.